The molecule has 0 spiro atoms. The Hall–Kier alpha value is -6.66. The lowest BCUT2D eigenvalue weighted by Gasteiger charge is -2.36. The number of anilines is 1. The van der Waals surface area contributed by atoms with Crippen LogP contribution in [0, 0.1) is 0 Å². The van der Waals surface area contributed by atoms with Crippen molar-refractivity contribution in [3.8, 4) is 16.9 Å². The van der Waals surface area contributed by atoms with Gasteiger partial charge in [-0.1, -0.05) is 103 Å². The Balaban J connectivity index is 1.13. The first-order chi connectivity index (χ1) is 27.8. The summed E-state index contributed by atoms with van der Waals surface area (Å²) < 4.78 is 42.9. The second-order valence-corrected chi connectivity index (χ2v) is 14.0. The maximum absolute atomic E-state index is 13.8. The molecule has 288 valence electrons. The molecule has 1 fully saturated rings. The number of alkyl halides is 2. The lowest BCUT2D eigenvalue weighted by atomic mass is 9.80. The highest BCUT2D eigenvalue weighted by Crippen LogP contribution is 2.41. The van der Waals surface area contributed by atoms with Gasteiger partial charge < -0.3 is 20.1 Å². The van der Waals surface area contributed by atoms with Crippen molar-refractivity contribution < 1.29 is 23.0 Å². The lowest BCUT2D eigenvalue weighted by Crippen LogP contribution is -2.39. The van der Waals surface area contributed by atoms with Gasteiger partial charge in [0.15, 0.2) is 0 Å². The number of ether oxygens (including phenoxy) is 2. The van der Waals surface area contributed by atoms with Gasteiger partial charge in [-0.25, -0.2) is 9.97 Å². The molecule has 0 radical (unpaired) electrons. The molecule has 5 aromatic carbocycles. The van der Waals surface area contributed by atoms with E-state index in [0.717, 1.165) is 34.2 Å². The number of carbonyl (C=O) groups is 1. The summed E-state index contributed by atoms with van der Waals surface area (Å²) in [5.74, 6) is 0.397. The fourth-order valence-corrected chi connectivity index (χ4v) is 7.56. The van der Waals surface area contributed by atoms with Crippen LogP contribution in [-0.2, 0) is 35.3 Å². The summed E-state index contributed by atoms with van der Waals surface area (Å²) in [5.41, 5.74) is 4.79. The molecule has 1 aliphatic heterocycles. The van der Waals surface area contributed by atoms with Gasteiger partial charge in [0.2, 0.25) is 11.9 Å². The average Bonchev–Trinajstić information content (AvgIpc) is 3.47. The highest BCUT2D eigenvalue weighted by atomic mass is 19.3. The van der Waals surface area contributed by atoms with Gasteiger partial charge in [0, 0.05) is 49.6 Å². The fraction of sp³-hybridized carbons (Fsp3) is 0.200. The van der Waals surface area contributed by atoms with Gasteiger partial charge in [-0.2, -0.15) is 8.78 Å². The van der Waals surface area contributed by atoms with Crippen molar-refractivity contribution in [1.82, 2.24) is 24.6 Å². The zero-order chi connectivity index (χ0) is 39.4. The summed E-state index contributed by atoms with van der Waals surface area (Å²) >= 11 is 0. The van der Waals surface area contributed by atoms with Gasteiger partial charge in [0.05, 0.1) is 24.1 Å². The van der Waals surface area contributed by atoms with Crippen LogP contribution in [0.15, 0.2) is 145 Å². The maximum atomic E-state index is 13.8. The molecule has 1 amide bonds. The normalized spacial score (nSPS) is 14.5. The van der Waals surface area contributed by atoms with E-state index < -0.39 is 12.2 Å². The van der Waals surface area contributed by atoms with Crippen LogP contribution < -0.4 is 20.9 Å². The molecule has 0 bridgehead atoms. The third-order valence-electron chi connectivity index (χ3n) is 10.4. The van der Waals surface area contributed by atoms with Gasteiger partial charge in [-0.05, 0) is 58.5 Å². The molecule has 1 aliphatic rings. The van der Waals surface area contributed by atoms with Crippen LogP contribution in [0.2, 0.25) is 0 Å². The van der Waals surface area contributed by atoms with E-state index in [-0.39, 0.29) is 36.4 Å². The number of nitrogens with one attached hydrogen (secondary N) is 2. The predicted octanol–water partition coefficient (Wildman–Crippen LogP) is 7.65. The number of halogens is 2. The van der Waals surface area contributed by atoms with Crippen LogP contribution in [0.25, 0.3) is 22.0 Å². The minimum Gasteiger partial charge on any atom is -0.434 e. The largest absolute Gasteiger partial charge is 0.434 e. The Bertz CT molecular complexity index is 2450. The van der Waals surface area contributed by atoms with Crippen LogP contribution >= 0.6 is 0 Å². The van der Waals surface area contributed by atoms with Gasteiger partial charge in [0.1, 0.15) is 11.4 Å². The first-order valence-electron chi connectivity index (χ1n) is 18.7. The molecule has 0 saturated carbocycles. The minimum absolute atomic E-state index is 0.00780. The fourth-order valence-electron chi connectivity index (χ4n) is 7.56. The summed E-state index contributed by atoms with van der Waals surface area (Å²) in [6, 6.07) is 40.4. The molecular weight excluding hydrogens is 727 g/mol. The second kappa shape index (κ2) is 16.2. The Kier molecular flexibility index (Phi) is 10.6. The van der Waals surface area contributed by atoms with E-state index in [9.17, 15) is 18.4 Å². The number of amides is 1. The summed E-state index contributed by atoms with van der Waals surface area (Å²) in [4.78, 5) is 34.3. The molecule has 2 aromatic heterocycles. The zero-order valence-corrected chi connectivity index (χ0v) is 31.1. The van der Waals surface area contributed by atoms with Crippen LogP contribution in [0.4, 0.5) is 14.7 Å². The molecule has 2 N–H and O–H groups in total. The van der Waals surface area contributed by atoms with Crippen molar-refractivity contribution in [3.63, 3.8) is 0 Å². The molecule has 0 aliphatic carbocycles. The Labute approximate surface area is 327 Å². The molecule has 8 rings (SSSR count). The number of hydrogen-bond donors (Lipinski definition) is 2. The number of piperidine rings is 1. The first-order valence-corrected chi connectivity index (χ1v) is 18.7. The van der Waals surface area contributed by atoms with E-state index in [4.69, 9.17) is 9.47 Å². The molecular formula is C45H40F2N6O4. The summed E-state index contributed by atoms with van der Waals surface area (Å²) in [7, 11) is 1.64. The van der Waals surface area contributed by atoms with Crippen LogP contribution in [0.3, 0.4) is 0 Å². The smallest absolute Gasteiger partial charge is 0.387 e. The Morgan fingerprint density at radius 2 is 1.46 bits per heavy atom. The number of nitrogens with zero attached hydrogens (tertiary/aromatic N) is 4. The molecule has 1 saturated heterocycles. The lowest BCUT2D eigenvalue weighted by molar-refractivity contribution is -0.122. The number of fused-ring (bicyclic) bond motifs is 1. The summed E-state index contributed by atoms with van der Waals surface area (Å²) in [5, 5.41) is 6.51. The van der Waals surface area contributed by atoms with E-state index in [2.05, 4.69) is 20.6 Å². The SMILES string of the molecule is Cn1c(=O)c2ccc(-c3cnc(NC4CCNC(=O)C4)nc3)cc2n1Cc1cc(COC(c2ccccc2)(c2ccccc2)c2ccccc2)ccc1OC(F)F. The van der Waals surface area contributed by atoms with Crippen molar-refractivity contribution in [2.24, 2.45) is 7.05 Å². The van der Waals surface area contributed by atoms with Crippen LogP contribution in [-0.4, -0.2) is 44.4 Å². The maximum Gasteiger partial charge on any atom is 0.387 e. The van der Waals surface area contributed by atoms with E-state index in [1.165, 1.54) is 10.7 Å². The van der Waals surface area contributed by atoms with Crippen molar-refractivity contribution in [1.29, 1.82) is 0 Å². The quantitative estimate of drug-likeness (QED) is 0.116. The van der Waals surface area contributed by atoms with E-state index in [1.54, 1.807) is 42.3 Å². The Morgan fingerprint density at radius 3 is 2.05 bits per heavy atom. The third-order valence-corrected chi connectivity index (χ3v) is 10.4. The van der Waals surface area contributed by atoms with E-state index in [1.807, 2.05) is 103 Å². The van der Waals surface area contributed by atoms with Gasteiger partial charge in [0.25, 0.3) is 5.56 Å². The van der Waals surface area contributed by atoms with Crippen molar-refractivity contribution >= 4 is 22.8 Å². The van der Waals surface area contributed by atoms with Gasteiger partial charge in [-0.3, -0.25) is 19.0 Å². The minimum atomic E-state index is -3.06. The number of carbonyl (C=O) groups excluding carboxylic acids is 1. The molecule has 1 unspecified atom stereocenters. The summed E-state index contributed by atoms with van der Waals surface area (Å²) in [6.45, 7) is -2.30. The standard InChI is InChI=1S/C45H40F2N6O4/c1-52-42(55)38-19-18-31(33-26-49-44(50-27-33)51-37-21-22-48-41(54)25-37)24-39(38)53(52)28-32-23-30(17-20-40(32)57-43(46)47)29-56-45(34-11-5-2-6-12-34,35-13-7-3-8-14-35)36-15-9-4-10-16-36/h2-20,23-24,26-27,37,43H,21-22,25,28-29H2,1H3,(H,48,54)(H,49,50,51). The highest BCUT2D eigenvalue weighted by Gasteiger charge is 2.37. The molecule has 1 atom stereocenters. The van der Waals surface area contributed by atoms with Crippen LogP contribution in [0.1, 0.15) is 40.7 Å². The highest BCUT2D eigenvalue weighted by molar-refractivity contribution is 5.84. The number of aromatic nitrogens is 4. The predicted molar refractivity (Wildman–Crippen MR) is 214 cm³/mol. The van der Waals surface area contributed by atoms with Crippen molar-refractivity contribution in [3.05, 3.63) is 178 Å². The number of hydrogen-bond acceptors (Lipinski definition) is 7. The van der Waals surface area contributed by atoms with Crippen molar-refractivity contribution in [2.75, 3.05) is 11.9 Å². The average molecular weight is 767 g/mol. The third kappa shape index (κ3) is 7.76. The summed E-state index contributed by atoms with van der Waals surface area (Å²) in [6.07, 6.45) is 4.49. The molecule has 57 heavy (non-hydrogen) atoms. The van der Waals surface area contributed by atoms with Crippen LogP contribution in [0.5, 0.6) is 5.75 Å². The number of benzene rings is 5. The van der Waals surface area contributed by atoms with Gasteiger partial charge >= 0.3 is 6.61 Å². The van der Waals surface area contributed by atoms with E-state index in [0.29, 0.717) is 40.9 Å². The number of rotatable bonds is 13. The second-order valence-electron chi connectivity index (χ2n) is 14.0. The first kappa shape index (κ1) is 37.3. The van der Waals surface area contributed by atoms with E-state index >= 15 is 0 Å². The molecule has 12 heteroatoms. The van der Waals surface area contributed by atoms with Gasteiger partial charge in [-0.15, -0.1) is 0 Å². The molecule has 3 heterocycles. The topological polar surface area (TPSA) is 112 Å². The monoisotopic (exact) mass is 766 g/mol. The van der Waals surface area contributed by atoms with Crippen molar-refractivity contribution in [2.45, 2.75) is 44.2 Å². The Morgan fingerprint density at radius 1 is 0.825 bits per heavy atom. The molecule has 10 nitrogen and oxygen atoms in total. The zero-order valence-electron chi connectivity index (χ0n) is 31.1. The molecule has 7 aromatic rings.